The van der Waals surface area contributed by atoms with Gasteiger partial charge in [-0.15, -0.1) is 0 Å². The highest BCUT2D eigenvalue weighted by atomic mass is 79.9. The van der Waals surface area contributed by atoms with Crippen LogP contribution in [-0.4, -0.2) is 12.6 Å². The Hall–Kier alpha value is -1.16. The highest BCUT2D eigenvalue weighted by molar-refractivity contribution is 9.08. The first-order chi connectivity index (χ1) is 7.67. The summed E-state index contributed by atoms with van der Waals surface area (Å²) in [7, 11) is 0. The summed E-state index contributed by atoms with van der Waals surface area (Å²) in [4.78, 5) is 11.0. The smallest absolute Gasteiger partial charge is 0.330 e. The van der Waals surface area contributed by atoms with Crippen LogP contribution in [0.25, 0.3) is 6.08 Å². The molecule has 0 aliphatic rings. The number of carbonyl (C=O) groups is 1. The van der Waals surface area contributed by atoms with Gasteiger partial charge in [0, 0.05) is 17.0 Å². The summed E-state index contributed by atoms with van der Waals surface area (Å²) in [5.41, 5.74) is 1.23. The van der Waals surface area contributed by atoms with Crippen molar-refractivity contribution in [3.63, 3.8) is 0 Å². The van der Waals surface area contributed by atoms with Gasteiger partial charge in [-0.1, -0.05) is 28.1 Å². The van der Waals surface area contributed by atoms with Crippen LogP contribution in [0.1, 0.15) is 18.1 Å². The van der Waals surface area contributed by atoms with E-state index >= 15 is 0 Å². The lowest BCUT2D eigenvalue weighted by molar-refractivity contribution is -0.137. The topological polar surface area (TPSA) is 26.3 Å². The van der Waals surface area contributed by atoms with Gasteiger partial charge >= 0.3 is 5.97 Å². The molecule has 0 amide bonds. The predicted octanol–water partition coefficient (Wildman–Crippen LogP) is 3.30. The van der Waals surface area contributed by atoms with Crippen LogP contribution in [0.15, 0.2) is 24.3 Å². The van der Waals surface area contributed by atoms with Gasteiger partial charge in [0.15, 0.2) is 0 Å². The summed E-state index contributed by atoms with van der Waals surface area (Å²) < 4.78 is 18.1. The normalized spacial score (nSPS) is 10.7. The van der Waals surface area contributed by atoms with Gasteiger partial charge in [-0.05, 0) is 24.6 Å². The zero-order valence-corrected chi connectivity index (χ0v) is 10.5. The first-order valence-electron chi connectivity index (χ1n) is 4.86. The Bertz CT molecular complexity index is 402. The van der Waals surface area contributed by atoms with Crippen molar-refractivity contribution in [2.75, 3.05) is 6.61 Å². The number of carbonyl (C=O) groups excluding carboxylic acids is 1. The maximum atomic E-state index is 13.4. The zero-order chi connectivity index (χ0) is 12.0. The predicted molar refractivity (Wildman–Crippen MR) is 64.7 cm³/mol. The molecule has 2 nitrogen and oxygen atoms in total. The van der Waals surface area contributed by atoms with Gasteiger partial charge in [-0.3, -0.25) is 0 Å². The fourth-order valence-electron chi connectivity index (χ4n) is 1.14. The molecule has 0 unspecified atom stereocenters. The average molecular weight is 287 g/mol. The molecular weight excluding hydrogens is 275 g/mol. The monoisotopic (exact) mass is 286 g/mol. The van der Waals surface area contributed by atoms with Crippen LogP contribution < -0.4 is 0 Å². The number of benzene rings is 1. The zero-order valence-electron chi connectivity index (χ0n) is 8.87. The molecule has 0 spiro atoms. The van der Waals surface area contributed by atoms with E-state index in [0.29, 0.717) is 17.5 Å². The first kappa shape index (κ1) is 12.9. The Balaban J connectivity index is 2.78. The second kappa shape index (κ2) is 6.43. The Morgan fingerprint density at radius 1 is 1.56 bits per heavy atom. The van der Waals surface area contributed by atoms with Crippen LogP contribution in [0.5, 0.6) is 0 Å². The molecule has 0 saturated carbocycles. The van der Waals surface area contributed by atoms with Crippen molar-refractivity contribution in [3.8, 4) is 0 Å². The molecule has 86 valence electrons. The van der Waals surface area contributed by atoms with E-state index < -0.39 is 5.97 Å². The summed E-state index contributed by atoms with van der Waals surface area (Å²) in [5.74, 6) is -0.816. The Morgan fingerprint density at radius 2 is 2.31 bits per heavy atom. The minimum Gasteiger partial charge on any atom is -0.463 e. The molecule has 0 heterocycles. The molecule has 0 aromatic heterocycles. The molecule has 0 aliphatic heterocycles. The summed E-state index contributed by atoms with van der Waals surface area (Å²) in [5, 5.41) is 0.603. The van der Waals surface area contributed by atoms with Crippen LogP contribution in [-0.2, 0) is 14.9 Å². The Kier molecular flexibility index (Phi) is 5.19. The second-order valence-corrected chi connectivity index (χ2v) is 3.64. The van der Waals surface area contributed by atoms with Crippen LogP contribution in [0.4, 0.5) is 4.39 Å². The van der Waals surface area contributed by atoms with E-state index in [2.05, 4.69) is 15.9 Å². The third-order valence-corrected chi connectivity index (χ3v) is 2.55. The largest absolute Gasteiger partial charge is 0.463 e. The van der Waals surface area contributed by atoms with Crippen molar-refractivity contribution in [2.45, 2.75) is 12.3 Å². The molecule has 0 radical (unpaired) electrons. The highest BCUT2D eigenvalue weighted by Crippen LogP contribution is 2.14. The molecule has 1 rings (SSSR count). The van der Waals surface area contributed by atoms with Gasteiger partial charge in [-0.25, -0.2) is 9.18 Å². The lowest BCUT2D eigenvalue weighted by atomic mass is 10.1. The highest BCUT2D eigenvalue weighted by Gasteiger charge is 2.01. The molecule has 1 aromatic carbocycles. The van der Waals surface area contributed by atoms with E-state index in [-0.39, 0.29) is 5.82 Å². The third-order valence-electron chi connectivity index (χ3n) is 1.90. The lowest BCUT2D eigenvalue weighted by Crippen LogP contribution is -1.98. The average Bonchev–Trinajstić information content (AvgIpc) is 2.27. The SMILES string of the molecule is CCOC(=O)/C=C/c1ccc(CBr)cc1F. The first-order valence-corrected chi connectivity index (χ1v) is 5.98. The van der Waals surface area contributed by atoms with Crippen molar-refractivity contribution < 1.29 is 13.9 Å². The quantitative estimate of drug-likeness (QED) is 0.482. The number of esters is 1. The van der Waals surface area contributed by atoms with E-state index in [1.54, 1.807) is 19.1 Å². The minimum absolute atomic E-state index is 0.314. The van der Waals surface area contributed by atoms with Gasteiger partial charge in [0.25, 0.3) is 0 Å². The third kappa shape index (κ3) is 3.77. The summed E-state index contributed by atoms with van der Waals surface area (Å²) in [6.07, 6.45) is 2.63. The van der Waals surface area contributed by atoms with Gasteiger partial charge < -0.3 is 4.74 Å². The molecule has 1 aromatic rings. The molecule has 0 fully saturated rings. The van der Waals surface area contributed by atoms with Gasteiger partial charge in [0.1, 0.15) is 5.82 Å². The fraction of sp³-hybridized carbons (Fsp3) is 0.250. The maximum Gasteiger partial charge on any atom is 0.330 e. The summed E-state index contributed by atoms with van der Waals surface area (Å²) in [6, 6.07) is 4.85. The summed E-state index contributed by atoms with van der Waals surface area (Å²) >= 11 is 3.24. The molecule has 0 atom stereocenters. The van der Waals surface area contributed by atoms with E-state index in [9.17, 15) is 9.18 Å². The second-order valence-electron chi connectivity index (χ2n) is 3.07. The van der Waals surface area contributed by atoms with Gasteiger partial charge in [0.05, 0.1) is 6.61 Å². The molecular formula is C12H12BrFO2. The van der Waals surface area contributed by atoms with E-state index in [1.807, 2.05) is 0 Å². The van der Waals surface area contributed by atoms with E-state index in [4.69, 9.17) is 4.74 Å². The van der Waals surface area contributed by atoms with Crippen LogP contribution in [0.3, 0.4) is 0 Å². The van der Waals surface area contributed by atoms with Gasteiger partial charge in [0.2, 0.25) is 0 Å². The van der Waals surface area contributed by atoms with E-state index in [0.717, 1.165) is 5.56 Å². The number of ether oxygens (including phenoxy) is 1. The number of hydrogen-bond acceptors (Lipinski definition) is 2. The van der Waals surface area contributed by atoms with E-state index in [1.165, 1.54) is 18.2 Å². The molecule has 0 aliphatic carbocycles. The lowest BCUT2D eigenvalue weighted by Gasteiger charge is -2.00. The molecule has 16 heavy (non-hydrogen) atoms. The molecule has 0 bridgehead atoms. The van der Waals surface area contributed by atoms with Crippen LogP contribution >= 0.6 is 15.9 Å². The van der Waals surface area contributed by atoms with Crippen LogP contribution in [0, 0.1) is 5.82 Å². The Morgan fingerprint density at radius 3 is 2.88 bits per heavy atom. The molecule has 0 N–H and O–H groups in total. The number of hydrogen-bond donors (Lipinski definition) is 0. The number of alkyl halides is 1. The minimum atomic E-state index is -0.466. The number of halogens is 2. The standard InChI is InChI=1S/C12H12BrFO2/c1-2-16-12(15)6-5-10-4-3-9(8-13)7-11(10)14/h3-7H,2,8H2,1H3/b6-5+. The van der Waals surface area contributed by atoms with Crippen molar-refractivity contribution in [3.05, 3.63) is 41.2 Å². The number of rotatable bonds is 4. The van der Waals surface area contributed by atoms with Gasteiger partial charge in [-0.2, -0.15) is 0 Å². The van der Waals surface area contributed by atoms with Crippen molar-refractivity contribution >= 4 is 28.0 Å². The van der Waals surface area contributed by atoms with Crippen LogP contribution in [0.2, 0.25) is 0 Å². The van der Waals surface area contributed by atoms with Crippen molar-refractivity contribution in [1.82, 2.24) is 0 Å². The fourth-order valence-corrected chi connectivity index (χ4v) is 1.49. The maximum absolute atomic E-state index is 13.4. The summed E-state index contributed by atoms with van der Waals surface area (Å²) in [6.45, 7) is 2.03. The Labute approximate surface area is 102 Å². The molecule has 4 heteroatoms. The molecule has 0 saturated heterocycles. The van der Waals surface area contributed by atoms with Crippen molar-refractivity contribution in [1.29, 1.82) is 0 Å². The van der Waals surface area contributed by atoms with Crippen molar-refractivity contribution in [2.24, 2.45) is 0 Å².